The van der Waals surface area contributed by atoms with Gasteiger partial charge in [0, 0.05) is 0 Å². The van der Waals surface area contributed by atoms with E-state index in [-0.39, 0.29) is 0 Å². The molecule has 0 aromatic rings. The van der Waals surface area contributed by atoms with Crippen LogP contribution in [0.4, 0.5) is 0 Å². The first kappa shape index (κ1) is 12.2. The van der Waals surface area contributed by atoms with E-state index in [0.29, 0.717) is 0 Å². The summed E-state index contributed by atoms with van der Waals surface area (Å²) in [6.07, 6.45) is 0. The average Bonchev–Trinajstić information content (AvgIpc) is 1.65. The van der Waals surface area contributed by atoms with Gasteiger partial charge in [-0.15, -0.1) is 0 Å². The predicted molar refractivity (Wildman–Crippen MR) is 30.0 cm³/mol. The Balaban J connectivity index is 0. The van der Waals surface area contributed by atoms with Crippen molar-refractivity contribution in [3.05, 3.63) is 0 Å². The van der Waals surface area contributed by atoms with E-state index in [0.717, 1.165) is 49.7 Å². The SMILES string of the molecule is CO[CH2][K].OB(O)O. The van der Waals surface area contributed by atoms with Gasteiger partial charge in [-0.25, -0.2) is 0 Å². The molecular weight excluding hydrogens is 138 g/mol. The topological polar surface area (TPSA) is 69.9 Å². The van der Waals surface area contributed by atoms with Crippen LogP contribution in [-0.4, -0.2) is 79.2 Å². The van der Waals surface area contributed by atoms with Crippen molar-refractivity contribution in [1.82, 2.24) is 0 Å². The summed E-state index contributed by atoms with van der Waals surface area (Å²) < 4.78 is 5.63. The van der Waals surface area contributed by atoms with Crippen molar-refractivity contribution in [1.29, 1.82) is 0 Å². The Morgan fingerprint density at radius 2 is 1.62 bits per heavy atom. The summed E-state index contributed by atoms with van der Waals surface area (Å²) in [6, 6.07) is 0. The molecular formula is C2H8BKO4. The Morgan fingerprint density at radius 3 is 1.62 bits per heavy atom. The fourth-order valence-corrected chi connectivity index (χ4v) is 0. The molecule has 0 aromatic heterocycles. The fourth-order valence-electron chi connectivity index (χ4n) is 0. The second kappa shape index (κ2) is 11.4. The molecule has 0 atom stereocenters. The molecule has 0 spiro atoms. The molecule has 0 aliphatic heterocycles. The molecule has 0 heterocycles. The first-order valence-corrected chi connectivity index (χ1v) is 4.39. The molecule has 0 rings (SSSR count). The van der Waals surface area contributed by atoms with E-state index in [1.807, 2.05) is 0 Å². The first-order chi connectivity index (χ1) is 3.65. The van der Waals surface area contributed by atoms with E-state index in [9.17, 15) is 0 Å². The third-order valence-electron chi connectivity index (χ3n) is 0.289. The molecule has 4 nitrogen and oxygen atoms in total. The summed E-state index contributed by atoms with van der Waals surface area (Å²) in [4.78, 5) is 0. The summed E-state index contributed by atoms with van der Waals surface area (Å²) in [6.45, 7) is 0. The van der Waals surface area contributed by atoms with E-state index in [2.05, 4.69) is 4.74 Å². The Kier molecular flexibility index (Phi) is 17.4. The zero-order valence-corrected chi connectivity index (χ0v) is 8.16. The van der Waals surface area contributed by atoms with Crippen molar-refractivity contribution in [2.75, 3.05) is 7.81 Å². The predicted octanol–water partition coefficient (Wildman–Crippen LogP) is -2.29. The van der Waals surface area contributed by atoms with Crippen molar-refractivity contribution < 1.29 is 19.8 Å². The third kappa shape index (κ3) is 50.0. The Bertz CT molecular complexity index is 30.5. The fraction of sp³-hybridized carbons (Fsp3) is 1.00. The molecule has 3 N–H and O–H groups in total. The van der Waals surface area contributed by atoms with E-state index < -0.39 is 7.32 Å². The molecule has 0 unspecified atom stereocenters. The third-order valence-corrected chi connectivity index (χ3v) is 1.19. The van der Waals surface area contributed by atoms with Crippen LogP contribution in [0.5, 0.6) is 0 Å². The van der Waals surface area contributed by atoms with Gasteiger partial charge in [-0.3, -0.25) is 0 Å². The van der Waals surface area contributed by atoms with Crippen molar-refractivity contribution >= 4 is 56.3 Å². The number of ether oxygens (including phenoxy) is 1. The molecule has 0 aliphatic rings. The monoisotopic (exact) mass is 146 g/mol. The van der Waals surface area contributed by atoms with Crippen LogP contribution in [0.15, 0.2) is 0 Å². The summed E-state index contributed by atoms with van der Waals surface area (Å²) in [5, 5.41) is 21.5. The van der Waals surface area contributed by atoms with Gasteiger partial charge in [-0.1, -0.05) is 0 Å². The number of methoxy groups -OCH3 is 1. The average molecular weight is 146 g/mol. The normalized spacial score (nSPS) is 7.25. The van der Waals surface area contributed by atoms with Gasteiger partial charge in [0.25, 0.3) is 0 Å². The van der Waals surface area contributed by atoms with Gasteiger partial charge in [0.15, 0.2) is 0 Å². The van der Waals surface area contributed by atoms with Gasteiger partial charge in [-0.2, -0.15) is 0 Å². The standard InChI is InChI=1S/C2H5O.BH3O3.K/c1-3-2;2-1(3)4;/h1H2,2H3;2-4H;. The summed E-state index contributed by atoms with van der Waals surface area (Å²) in [5.74, 6) is 0. The van der Waals surface area contributed by atoms with E-state index >= 15 is 0 Å². The van der Waals surface area contributed by atoms with Crippen molar-refractivity contribution in [2.24, 2.45) is 0 Å². The maximum absolute atomic E-state index is 7.17. The van der Waals surface area contributed by atoms with E-state index in [1.165, 1.54) is 0 Å². The number of hydrogen-bond donors (Lipinski definition) is 3. The minimum atomic E-state index is -2.17. The Labute approximate surface area is 82.6 Å². The van der Waals surface area contributed by atoms with Gasteiger partial charge in [0.1, 0.15) is 0 Å². The van der Waals surface area contributed by atoms with E-state index in [1.54, 1.807) is 7.11 Å². The van der Waals surface area contributed by atoms with Gasteiger partial charge in [-0.05, 0) is 0 Å². The first-order valence-electron chi connectivity index (χ1n) is 2.18. The molecule has 0 aliphatic carbocycles. The van der Waals surface area contributed by atoms with Crippen LogP contribution in [0.1, 0.15) is 0 Å². The van der Waals surface area contributed by atoms with Crippen LogP contribution >= 0.6 is 0 Å². The zero-order valence-electron chi connectivity index (χ0n) is 5.03. The van der Waals surface area contributed by atoms with Crippen LogP contribution in [0.3, 0.4) is 0 Å². The second-order valence-electron chi connectivity index (χ2n) is 0.924. The maximum Gasteiger partial charge on any atom is 0.631 e. The zero-order chi connectivity index (χ0) is 6.99. The summed E-state index contributed by atoms with van der Waals surface area (Å²) >= 11 is 0.891. The summed E-state index contributed by atoms with van der Waals surface area (Å²) in [7, 11) is -0.439. The minimum absolute atomic E-state index is 0.891. The van der Waals surface area contributed by atoms with Gasteiger partial charge in [0.2, 0.25) is 0 Å². The minimum Gasteiger partial charge on any atom is -0.402 e. The molecule has 44 valence electrons. The van der Waals surface area contributed by atoms with Crippen LogP contribution in [0, 0.1) is 0 Å². The van der Waals surface area contributed by atoms with Gasteiger partial charge < -0.3 is 15.1 Å². The quantitative estimate of drug-likeness (QED) is 0.364. The van der Waals surface area contributed by atoms with Crippen molar-refractivity contribution in [3.63, 3.8) is 0 Å². The molecule has 8 heavy (non-hydrogen) atoms. The Hall–Kier alpha value is 1.54. The molecule has 6 heteroatoms. The molecule has 0 amide bonds. The molecule has 0 fully saturated rings. The molecule has 0 saturated carbocycles. The van der Waals surface area contributed by atoms with Crippen molar-refractivity contribution in [3.8, 4) is 0 Å². The van der Waals surface area contributed by atoms with Gasteiger partial charge >= 0.3 is 68.8 Å². The number of hydrogen-bond acceptors (Lipinski definition) is 4. The summed E-state index contributed by atoms with van der Waals surface area (Å²) in [5.41, 5.74) is 0. The van der Waals surface area contributed by atoms with Crippen LogP contribution < -0.4 is 0 Å². The van der Waals surface area contributed by atoms with Crippen molar-refractivity contribution in [2.45, 2.75) is 0 Å². The van der Waals surface area contributed by atoms with Gasteiger partial charge in [0.05, 0.1) is 0 Å². The maximum atomic E-state index is 7.17. The smallest absolute Gasteiger partial charge is 0.402 e. The number of rotatable bonds is 1. The molecule has 0 bridgehead atoms. The molecule has 0 saturated heterocycles. The molecule has 0 radical (unpaired) electrons. The second-order valence-corrected chi connectivity index (χ2v) is 1.83. The van der Waals surface area contributed by atoms with Crippen LogP contribution in [-0.2, 0) is 4.74 Å². The Morgan fingerprint density at radius 1 is 1.50 bits per heavy atom. The van der Waals surface area contributed by atoms with Crippen LogP contribution in [0.25, 0.3) is 0 Å². The van der Waals surface area contributed by atoms with E-state index in [4.69, 9.17) is 15.1 Å². The molecule has 0 aromatic carbocycles. The largest absolute Gasteiger partial charge is 0.631 e. The van der Waals surface area contributed by atoms with Crippen LogP contribution in [0.2, 0.25) is 0 Å².